The lowest BCUT2D eigenvalue weighted by molar-refractivity contribution is 0.669. The molecule has 0 spiro atoms. The lowest BCUT2D eigenvalue weighted by Crippen LogP contribution is -2.11. The van der Waals surface area contributed by atoms with E-state index in [9.17, 15) is 0 Å². The maximum Gasteiger partial charge on any atom is 0.136 e. The van der Waals surface area contributed by atoms with Crippen LogP contribution in [0.5, 0.6) is 0 Å². The second-order valence-electron chi connectivity index (χ2n) is 9.55. The molecule has 0 saturated heterocycles. The first-order valence-corrected chi connectivity index (χ1v) is 13.3. The summed E-state index contributed by atoms with van der Waals surface area (Å²) in [7, 11) is 0. The SMILES string of the molecule is Clc1ccc2c(c1)oc1ccc(N(c3ccc(-c4ccccc4)cc3)c3ccccc3-c3ccccc3)cc12. The Bertz CT molecular complexity index is 1910. The number of para-hydroxylation sites is 1. The summed E-state index contributed by atoms with van der Waals surface area (Å²) in [6.45, 7) is 0. The van der Waals surface area contributed by atoms with Gasteiger partial charge in [-0.2, -0.15) is 0 Å². The number of fused-ring (bicyclic) bond motifs is 3. The molecule has 2 nitrogen and oxygen atoms in total. The van der Waals surface area contributed by atoms with E-state index in [0.717, 1.165) is 44.6 Å². The summed E-state index contributed by atoms with van der Waals surface area (Å²) in [4.78, 5) is 2.32. The number of rotatable bonds is 5. The van der Waals surface area contributed by atoms with Crippen LogP contribution in [0.15, 0.2) is 150 Å². The first-order valence-electron chi connectivity index (χ1n) is 13.0. The Balaban J connectivity index is 1.43. The quantitative estimate of drug-likeness (QED) is 0.224. The molecule has 0 bridgehead atoms. The molecule has 6 aromatic carbocycles. The zero-order valence-corrected chi connectivity index (χ0v) is 21.8. The average Bonchev–Trinajstić information content (AvgIpc) is 3.36. The number of benzene rings is 6. The van der Waals surface area contributed by atoms with Gasteiger partial charge >= 0.3 is 0 Å². The predicted octanol–water partition coefficient (Wildman–Crippen LogP) is 11.0. The van der Waals surface area contributed by atoms with Crippen molar-refractivity contribution in [2.24, 2.45) is 0 Å². The smallest absolute Gasteiger partial charge is 0.136 e. The third-order valence-electron chi connectivity index (χ3n) is 7.14. The molecule has 0 atom stereocenters. The first kappa shape index (κ1) is 23.3. The van der Waals surface area contributed by atoms with Gasteiger partial charge in [0.1, 0.15) is 11.2 Å². The molecule has 0 radical (unpaired) electrons. The standard InChI is InChI=1S/C36H24ClNO/c37-28-17-21-32-33-24-30(20-22-35(33)39-36(32)23-28)38(29-18-15-26(16-19-29)25-9-3-1-4-10-25)34-14-8-7-13-31(34)27-11-5-2-6-12-27/h1-24H. The normalized spacial score (nSPS) is 11.2. The van der Waals surface area contributed by atoms with Gasteiger partial charge in [-0.25, -0.2) is 0 Å². The number of halogens is 1. The molecule has 7 rings (SSSR count). The minimum atomic E-state index is 0.665. The van der Waals surface area contributed by atoms with Crippen LogP contribution in [0, 0.1) is 0 Å². The molecule has 0 amide bonds. The van der Waals surface area contributed by atoms with E-state index in [1.165, 1.54) is 16.7 Å². The van der Waals surface area contributed by atoms with E-state index in [-0.39, 0.29) is 0 Å². The van der Waals surface area contributed by atoms with Crippen molar-refractivity contribution in [1.82, 2.24) is 0 Å². The Morgan fingerprint density at radius 1 is 0.462 bits per heavy atom. The number of furan rings is 1. The topological polar surface area (TPSA) is 16.4 Å². The van der Waals surface area contributed by atoms with Crippen molar-refractivity contribution in [3.8, 4) is 22.3 Å². The van der Waals surface area contributed by atoms with E-state index in [0.29, 0.717) is 5.02 Å². The molecule has 0 unspecified atom stereocenters. The van der Waals surface area contributed by atoms with Crippen LogP contribution in [0.2, 0.25) is 5.02 Å². The zero-order chi connectivity index (χ0) is 26.2. The summed E-state index contributed by atoms with van der Waals surface area (Å²) >= 11 is 6.25. The fraction of sp³-hybridized carbons (Fsp3) is 0. The molecular weight excluding hydrogens is 498 g/mol. The van der Waals surface area contributed by atoms with E-state index >= 15 is 0 Å². The van der Waals surface area contributed by atoms with Crippen molar-refractivity contribution >= 4 is 50.6 Å². The van der Waals surface area contributed by atoms with E-state index < -0.39 is 0 Å². The first-order chi connectivity index (χ1) is 19.2. The van der Waals surface area contributed by atoms with Gasteiger partial charge in [0.05, 0.1) is 5.69 Å². The molecule has 0 aliphatic rings. The Morgan fingerprint density at radius 2 is 1.10 bits per heavy atom. The largest absolute Gasteiger partial charge is 0.456 e. The minimum Gasteiger partial charge on any atom is -0.456 e. The van der Waals surface area contributed by atoms with Crippen molar-refractivity contribution in [3.05, 3.63) is 151 Å². The molecule has 0 N–H and O–H groups in total. The highest BCUT2D eigenvalue weighted by Crippen LogP contribution is 2.43. The van der Waals surface area contributed by atoms with Crippen molar-refractivity contribution in [2.75, 3.05) is 4.90 Å². The molecule has 39 heavy (non-hydrogen) atoms. The van der Waals surface area contributed by atoms with Crippen LogP contribution in [0.1, 0.15) is 0 Å². The number of nitrogens with zero attached hydrogens (tertiary/aromatic N) is 1. The number of hydrogen-bond acceptors (Lipinski definition) is 2. The molecule has 1 aromatic heterocycles. The van der Waals surface area contributed by atoms with E-state index in [1.54, 1.807) is 0 Å². The van der Waals surface area contributed by atoms with Gasteiger partial charge in [0, 0.05) is 38.8 Å². The van der Waals surface area contributed by atoms with Crippen LogP contribution < -0.4 is 4.90 Å². The lowest BCUT2D eigenvalue weighted by atomic mass is 10.0. The van der Waals surface area contributed by atoms with Gasteiger partial charge in [-0.05, 0) is 65.2 Å². The third-order valence-corrected chi connectivity index (χ3v) is 7.37. The molecule has 186 valence electrons. The maximum atomic E-state index is 6.25. The summed E-state index contributed by atoms with van der Waals surface area (Å²) in [5.41, 5.74) is 9.58. The van der Waals surface area contributed by atoms with E-state index in [4.69, 9.17) is 16.0 Å². The van der Waals surface area contributed by atoms with Gasteiger partial charge < -0.3 is 9.32 Å². The van der Waals surface area contributed by atoms with E-state index in [2.05, 4.69) is 126 Å². The summed E-state index contributed by atoms with van der Waals surface area (Å²) in [6, 6.07) is 50.6. The Labute approximate surface area is 232 Å². The van der Waals surface area contributed by atoms with Gasteiger partial charge in [-0.15, -0.1) is 0 Å². The molecule has 1 heterocycles. The van der Waals surface area contributed by atoms with Crippen LogP contribution in [0.4, 0.5) is 17.1 Å². The summed E-state index contributed by atoms with van der Waals surface area (Å²) < 4.78 is 6.13. The van der Waals surface area contributed by atoms with Gasteiger partial charge in [0.15, 0.2) is 0 Å². The molecule has 0 aliphatic carbocycles. The lowest BCUT2D eigenvalue weighted by Gasteiger charge is -2.28. The van der Waals surface area contributed by atoms with Crippen LogP contribution in [0.3, 0.4) is 0 Å². The minimum absolute atomic E-state index is 0.665. The highest BCUT2D eigenvalue weighted by Gasteiger charge is 2.19. The molecule has 7 aromatic rings. The van der Waals surface area contributed by atoms with Crippen molar-refractivity contribution in [2.45, 2.75) is 0 Å². The summed E-state index contributed by atoms with van der Waals surface area (Å²) in [6.07, 6.45) is 0. The average molecular weight is 522 g/mol. The monoisotopic (exact) mass is 521 g/mol. The molecule has 0 saturated carbocycles. The van der Waals surface area contributed by atoms with Gasteiger partial charge in [-0.1, -0.05) is 103 Å². The van der Waals surface area contributed by atoms with Crippen LogP contribution in [-0.2, 0) is 0 Å². The second-order valence-corrected chi connectivity index (χ2v) is 9.99. The Kier molecular flexibility index (Phi) is 5.88. The number of hydrogen-bond donors (Lipinski definition) is 0. The second kappa shape index (κ2) is 9.83. The Hall–Kier alpha value is -4.79. The third kappa shape index (κ3) is 4.35. The fourth-order valence-electron chi connectivity index (χ4n) is 5.27. The summed E-state index contributed by atoms with van der Waals surface area (Å²) in [5.74, 6) is 0. The van der Waals surface area contributed by atoms with Crippen molar-refractivity contribution in [3.63, 3.8) is 0 Å². The predicted molar refractivity (Wildman–Crippen MR) is 164 cm³/mol. The molecular formula is C36H24ClNO. The van der Waals surface area contributed by atoms with Crippen molar-refractivity contribution in [1.29, 1.82) is 0 Å². The fourth-order valence-corrected chi connectivity index (χ4v) is 5.43. The van der Waals surface area contributed by atoms with Crippen LogP contribution in [0.25, 0.3) is 44.2 Å². The highest BCUT2D eigenvalue weighted by atomic mass is 35.5. The van der Waals surface area contributed by atoms with Gasteiger partial charge in [0.2, 0.25) is 0 Å². The van der Waals surface area contributed by atoms with Crippen LogP contribution in [-0.4, -0.2) is 0 Å². The summed E-state index contributed by atoms with van der Waals surface area (Å²) in [5, 5.41) is 2.77. The van der Waals surface area contributed by atoms with E-state index in [1.807, 2.05) is 24.3 Å². The molecule has 0 fully saturated rings. The van der Waals surface area contributed by atoms with Gasteiger partial charge in [-0.3, -0.25) is 0 Å². The van der Waals surface area contributed by atoms with Crippen LogP contribution >= 0.6 is 11.6 Å². The Morgan fingerprint density at radius 3 is 1.87 bits per heavy atom. The van der Waals surface area contributed by atoms with Crippen molar-refractivity contribution < 1.29 is 4.42 Å². The van der Waals surface area contributed by atoms with Gasteiger partial charge in [0.25, 0.3) is 0 Å². The highest BCUT2D eigenvalue weighted by molar-refractivity contribution is 6.31. The zero-order valence-electron chi connectivity index (χ0n) is 21.1. The number of anilines is 3. The molecule has 3 heteroatoms. The maximum absolute atomic E-state index is 6.25. The molecule has 0 aliphatic heterocycles.